The smallest absolute Gasteiger partial charge is 0.129 e. The van der Waals surface area contributed by atoms with Crippen LogP contribution in [0.15, 0.2) is 18.2 Å². The van der Waals surface area contributed by atoms with Crippen molar-refractivity contribution in [2.75, 3.05) is 13.1 Å². The van der Waals surface area contributed by atoms with Gasteiger partial charge < -0.3 is 5.73 Å². The maximum Gasteiger partial charge on any atom is 0.129 e. The number of halogens is 2. The van der Waals surface area contributed by atoms with Crippen LogP contribution in [0.25, 0.3) is 0 Å². The lowest BCUT2D eigenvalue weighted by Gasteiger charge is -2.32. The van der Waals surface area contributed by atoms with E-state index in [1.807, 2.05) is 0 Å². The molecule has 1 aromatic carbocycles. The Balaban J connectivity index is 2.10. The molecule has 1 aliphatic rings. The highest BCUT2D eigenvalue weighted by molar-refractivity contribution is 6.30. The summed E-state index contributed by atoms with van der Waals surface area (Å²) in [5, 5.41) is 0.449. The van der Waals surface area contributed by atoms with E-state index in [2.05, 4.69) is 11.8 Å². The van der Waals surface area contributed by atoms with Crippen LogP contribution in [0.5, 0.6) is 0 Å². The molecule has 1 saturated carbocycles. The summed E-state index contributed by atoms with van der Waals surface area (Å²) in [5.41, 5.74) is 6.56. The second-order valence-electron chi connectivity index (χ2n) is 5.29. The van der Waals surface area contributed by atoms with Crippen molar-refractivity contribution >= 4 is 11.6 Å². The molecule has 2 nitrogen and oxygen atoms in total. The van der Waals surface area contributed by atoms with Gasteiger partial charge in [0.05, 0.1) is 0 Å². The SMILES string of the molecule is CCN(Cc1ccc(Cl)cc1F)C1CCCC1CN. The predicted octanol–water partition coefficient (Wildman–Crippen LogP) is 3.43. The van der Waals surface area contributed by atoms with Crippen molar-refractivity contribution in [1.82, 2.24) is 4.90 Å². The summed E-state index contributed by atoms with van der Waals surface area (Å²) in [4.78, 5) is 2.34. The Morgan fingerprint density at radius 2 is 2.21 bits per heavy atom. The Kier molecular flexibility index (Phi) is 5.20. The number of hydrogen-bond acceptors (Lipinski definition) is 2. The quantitative estimate of drug-likeness (QED) is 0.898. The molecule has 0 aliphatic heterocycles. The monoisotopic (exact) mass is 284 g/mol. The van der Waals surface area contributed by atoms with Crippen molar-refractivity contribution in [3.63, 3.8) is 0 Å². The van der Waals surface area contributed by atoms with Gasteiger partial charge in [-0.1, -0.05) is 31.0 Å². The van der Waals surface area contributed by atoms with Crippen LogP contribution in [0.3, 0.4) is 0 Å². The van der Waals surface area contributed by atoms with Crippen molar-refractivity contribution in [2.24, 2.45) is 11.7 Å². The lowest BCUT2D eigenvalue weighted by molar-refractivity contribution is 0.160. The van der Waals surface area contributed by atoms with Gasteiger partial charge in [0, 0.05) is 23.2 Å². The first-order valence-corrected chi connectivity index (χ1v) is 7.41. The van der Waals surface area contributed by atoms with E-state index in [0.717, 1.165) is 13.1 Å². The molecule has 0 aromatic heterocycles. The van der Waals surface area contributed by atoms with E-state index in [4.69, 9.17) is 17.3 Å². The van der Waals surface area contributed by atoms with E-state index in [1.165, 1.54) is 25.3 Å². The number of rotatable bonds is 5. The second kappa shape index (κ2) is 6.69. The Morgan fingerprint density at radius 1 is 1.42 bits per heavy atom. The lowest BCUT2D eigenvalue weighted by Crippen LogP contribution is -2.39. The molecule has 1 aromatic rings. The van der Waals surface area contributed by atoms with Crippen LogP contribution in [0.2, 0.25) is 5.02 Å². The zero-order chi connectivity index (χ0) is 13.8. The first kappa shape index (κ1) is 14.8. The number of nitrogens with two attached hydrogens (primary N) is 1. The normalized spacial score (nSPS) is 23.2. The zero-order valence-electron chi connectivity index (χ0n) is 11.4. The lowest BCUT2D eigenvalue weighted by atomic mass is 10.0. The maximum atomic E-state index is 13.9. The van der Waals surface area contributed by atoms with Gasteiger partial charge in [-0.2, -0.15) is 0 Å². The molecule has 0 bridgehead atoms. The van der Waals surface area contributed by atoms with Gasteiger partial charge in [-0.15, -0.1) is 0 Å². The third kappa shape index (κ3) is 3.47. The zero-order valence-corrected chi connectivity index (χ0v) is 12.2. The van der Waals surface area contributed by atoms with Crippen LogP contribution >= 0.6 is 11.6 Å². The fourth-order valence-corrected chi connectivity index (χ4v) is 3.26. The molecule has 0 heterocycles. The van der Waals surface area contributed by atoms with Crippen molar-refractivity contribution in [3.8, 4) is 0 Å². The predicted molar refractivity (Wildman–Crippen MR) is 77.7 cm³/mol. The standard InChI is InChI=1S/C15H22ClFN2/c1-2-19(15-5-3-4-11(15)9-18)10-12-6-7-13(16)8-14(12)17/h6-8,11,15H,2-5,9-10,18H2,1H3. The molecule has 0 saturated heterocycles. The average molecular weight is 285 g/mol. The Morgan fingerprint density at radius 3 is 2.84 bits per heavy atom. The molecule has 4 heteroatoms. The van der Waals surface area contributed by atoms with Crippen LogP contribution in [-0.2, 0) is 6.54 Å². The number of benzene rings is 1. The highest BCUT2D eigenvalue weighted by atomic mass is 35.5. The maximum absolute atomic E-state index is 13.9. The minimum Gasteiger partial charge on any atom is -0.330 e. The van der Waals surface area contributed by atoms with E-state index < -0.39 is 0 Å². The van der Waals surface area contributed by atoms with Crippen molar-refractivity contribution in [1.29, 1.82) is 0 Å². The molecule has 2 atom stereocenters. The molecule has 2 rings (SSSR count). The topological polar surface area (TPSA) is 29.3 Å². The fraction of sp³-hybridized carbons (Fsp3) is 0.600. The Labute approximate surface area is 119 Å². The minimum atomic E-state index is -0.215. The minimum absolute atomic E-state index is 0.215. The van der Waals surface area contributed by atoms with Crippen molar-refractivity contribution in [3.05, 3.63) is 34.6 Å². The molecule has 106 valence electrons. The number of hydrogen-bond donors (Lipinski definition) is 1. The van der Waals surface area contributed by atoms with Gasteiger partial charge in [0.15, 0.2) is 0 Å². The summed E-state index contributed by atoms with van der Waals surface area (Å²) in [6.45, 7) is 4.41. The van der Waals surface area contributed by atoms with Crippen molar-refractivity contribution in [2.45, 2.75) is 38.8 Å². The molecular weight excluding hydrogens is 263 g/mol. The highest BCUT2D eigenvalue weighted by Gasteiger charge is 2.30. The van der Waals surface area contributed by atoms with Gasteiger partial charge in [-0.3, -0.25) is 4.90 Å². The molecule has 0 radical (unpaired) electrons. The average Bonchev–Trinajstić information content (AvgIpc) is 2.86. The van der Waals surface area contributed by atoms with Crippen LogP contribution in [0.1, 0.15) is 31.7 Å². The Hall–Kier alpha value is -0.640. The highest BCUT2D eigenvalue weighted by Crippen LogP contribution is 2.30. The van der Waals surface area contributed by atoms with Gasteiger partial charge in [0.25, 0.3) is 0 Å². The largest absolute Gasteiger partial charge is 0.330 e. The Bertz CT molecular complexity index is 425. The van der Waals surface area contributed by atoms with E-state index in [0.29, 0.717) is 29.1 Å². The summed E-state index contributed by atoms with van der Waals surface area (Å²) in [5.74, 6) is 0.337. The molecule has 0 spiro atoms. The van der Waals surface area contributed by atoms with Gasteiger partial charge in [-0.25, -0.2) is 4.39 Å². The number of nitrogens with zero attached hydrogens (tertiary/aromatic N) is 1. The molecule has 2 N–H and O–H groups in total. The second-order valence-corrected chi connectivity index (χ2v) is 5.73. The summed E-state index contributed by atoms with van der Waals surface area (Å²) in [6.07, 6.45) is 3.60. The van der Waals surface area contributed by atoms with Crippen LogP contribution < -0.4 is 5.73 Å². The molecule has 1 aliphatic carbocycles. The van der Waals surface area contributed by atoms with E-state index in [1.54, 1.807) is 12.1 Å². The first-order valence-electron chi connectivity index (χ1n) is 7.03. The third-order valence-corrected chi connectivity index (χ3v) is 4.42. The van der Waals surface area contributed by atoms with Crippen molar-refractivity contribution < 1.29 is 4.39 Å². The molecule has 19 heavy (non-hydrogen) atoms. The van der Waals surface area contributed by atoms with Crippen LogP contribution in [0, 0.1) is 11.7 Å². The molecule has 1 fully saturated rings. The molecule has 2 unspecified atom stereocenters. The third-order valence-electron chi connectivity index (χ3n) is 4.19. The van der Waals surface area contributed by atoms with Gasteiger partial charge in [-0.05, 0) is 44.0 Å². The van der Waals surface area contributed by atoms with Crippen LogP contribution in [-0.4, -0.2) is 24.0 Å². The van der Waals surface area contributed by atoms with Gasteiger partial charge >= 0.3 is 0 Å². The summed E-state index contributed by atoms with van der Waals surface area (Å²) < 4.78 is 13.9. The summed E-state index contributed by atoms with van der Waals surface area (Å²) in [6, 6.07) is 5.42. The molecular formula is C15H22ClFN2. The first-order chi connectivity index (χ1) is 9.15. The van der Waals surface area contributed by atoms with E-state index in [9.17, 15) is 4.39 Å². The summed E-state index contributed by atoms with van der Waals surface area (Å²) in [7, 11) is 0. The van der Waals surface area contributed by atoms with E-state index >= 15 is 0 Å². The summed E-state index contributed by atoms with van der Waals surface area (Å²) >= 11 is 5.79. The molecule has 0 amide bonds. The van der Waals surface area contributed by atoms with Gasteiger partial charge in [0.2, 0.25) is 0 Å². The fourth-order valence-electron chi connectivity index (χ4n) is 3.11. The van der Waals surface area contributed by atoms with E-state index in [-0.39, 0.29) is 5.82 Å². The van der Waals surface area contributed by atoms with Crippen LogP contribution in [0.4, 0.5) is 4.39 Å². The van der Waals surface area contributed by atoms with Gasteiger partial charge in [0.1, 0.15) is 5.82 Å².